The molecule has 1 fully saturated rings. The number of aromatic nitrogens is 2. The summed E-state index contributed by atoms with van der Waals surface area (Å²) in [5.41, 5.74) is 2.87. The minimum Gasteiger partial charge on any atom is -0.362 e. The topological polar surface area (TPSA) is 70.2 Å². The van der Waals surface area contributed by atoms with Crippen molar-refractivity contribution >= 4 is 40.9 Å². The van der Waals surface area contributed by atoms with E-state index in [4.69, 9.17) is 33.2 Å². The number of nitrogens with zero attached hydrogens (tertiary/aromatic N) is 3. The van der Waals surface area contributed by atoms with E-state index in [0.717, 1.165) is 50.3 Å². The van der Waals surface area contributed by atoms with Crippen LogP contribution in [0.4, 0.5) is 11.8 Å². The third kappa shape index (κ3) is 5.29. The average molecular weight is 476 g/mol. The third-order valence-corrected chi connectivity index (χ3v) is 7.14. The third-order valence-electron chi connectivity index (χ3n) is 6.51. The maximum atomic E-state index is 12.5. The van der Waals surface area contributed by atoms with Crippen molar-refractivity contribution in [3.63, 3.8) is 0 Å². The van der Waals surface area contributed by atoms with Crippen LogP contribution in [0.5, 0.6) is 0 Å². The summed E-state index contributed by atoms with van der Waals surface area (Å²) in [5.74, 6) is 2.03. The molecule has 1 heterocycles. The Balaban J connectivity index is 1.31. The summed E-state index contributed by atoms with van der Waals surface area (Å²) in [6, 6.07) is 5.47. The van der Waals surface area contributed by atoms with E-state index in [-0.39, 0.29) is 5.91 Å². The van der Waals surface area contributed by atoms with Crippen LogP contribution in [0.3, 0.4) is 0 Å². The molecule has 6 nitrogen and oxygen atoms in total. The first kappa shape index (κ1) is 23.1. The van der Waals surface area contributed by atoms with Gasteiger partial charge in [0.1, 0.15) is 5.82 Å². The molecule has 0 atom stereocenters. The standard InChI is InChI=1S/C24H31Cl2N5O/c1-31(2)22-17-6-3-4-9-20(17)29-24(30-22)28-16-12-10-15(11-13-16)14-27-23(32)21-18(25)7-5-8-19(21)26/h5,7-8,15-16H,3-4,6,9-14H2,1-2H3,(H,27,32)(H,28,29,30)/t15-,16+. The molecule has 0 bridgehead atoms. The summed E-state index contributed by atoms with van der Waals surface area (Å²) in [5, 5.41) is 7.35. The maximum Gasteiger partial charge on any atom is 0.254 e. The van der Waals surface area contributed by atoms with Gasteiger partial charge in [-0.15, -0.1) is 0 Å². The second-order valence-electron chi connectivity index (χ2n) is 9.07. The smallest absolute Gasteiger partial charge is 0.254 e. The number of aryl methyl sites for hydroxylation is 1. The molecule has 0 aliphatic heterocycles. The van der Waals surface area contributed by atoms with Gasteiger partial charge in [0.15, 0.2) is 0 Å². The van der Waals surface area contributed by atoms with Gasteiger partial charge in [-0.05, 0) is 69.4 Å². The molecule has 8 heteroatoms. The molecule has 2 aromatic rings. The molecule has 1 aromatic heterocycles. The van der Waals surface area contributed by atoms with Crippen molar-refractivity contribution in [3.8, 4) is 0 Å². The normalized spacial score (nSPS) is 20.4. The second-order valence-corrected chi connectivity index (χ2v) is 9.88. The van der Waals surface area contributed by atoms with Gasteiger partial charge in [0.2, 0.25) is 5.95 Å². The van der Waals surface area contributed by atoms with Crippen molar-refractivity contribution in [2.24, 2.45) is 5.92 Å². The zero-order valence-corrected chi connectivity index (χ0v) is 20.3. The van der Waals surface area contributed by atoms with Gasteiger partial charge in [-0.1, -0.05) is 29.3 Å². The van der Waals surface area contributed by atoms with Crippen molar-refractivity contribution in [2.45, 2.75) is 57.4 Å². The summed E-state index contributed by atoms with van der Waals surface area (Å²) in [4.78, 5) is 24.3. The number of hydrogen-bond acceptors (Lipinski definition) is 5. The predicted molar refractivity (Wildman–Crippen MR) is 131 cm³/mol. The van der Waals surface area contributed by atoms with Crippen LogP contribution in [0.25, 0.3) is 0 Å². The minimum absolute atomic E-state index is 0.209. The van der Waals surface area contributed by atoms with Gasteiger partial charge in [-0.2, -0.15) is 4.98 Å². The lowest BCUT2D eigenvalue weighted by Crippen LogP contribution is -2.34. The predicted octanol–water partition coefficient (Wildman–Crippen LogP) is 5.13. The molecule has 2 aliphatic carbocycles. The highest BCUT2D eigenvalue weighted by Crippen LogP contribution is 2.30. The Kier molecular flexibility index (Phi) is 7.41. The lowest BCUT2D eigenvalue weighted by atomic mass is 9.86. The molecular formula is C24H31Cl2N5O. The van der Waals surface area contributed by atoms with Gasteiger partial charge in [-0.25, -0.2) is 4.98 Å². The fourth-order valence-electron chi connectivity index (χ4n) is 4.74. The van der Waals surface area contributed by atoms with Gasteiger partial charge in [0.05, 0.1) is 21.3 Å². The molecule has 172 valence electrons. The highest BCUT2D eigenvalue weighted by atomic mass is 35.5. The van der Waals surface area contributed by atoms with Crippen molar-refractivity contribution in [3.05, 3.63) is 45.1 Å². The van der Waals surface area contributed by atoms with E-state index in [2.05, 4.69) is 29.6 Å². The van der Waals surface area contributed by atoms with E-state index in [1.165, 1.54) is 24.1 Å². The zero-order chi connectivity index (χ0) is 22.7. The number of carbonyl (C=O) groups excluding carboxylic acids is 1. The molecule has 1 amide bonds. The molecule has 32 heavy (non-hydrogen) atoms. The Hall–Kier alpha value is -2.05. The summed E-state index contributed by atoms with van der Waals surface area (Å²) in [6.45, 7) is 0.632. The van der Waals surface area contributed by atoms with Crippen LogP contribution in [0.2, 0.25) is 10.0 Å². The molecule has 2 aliphatic rings. The zero-order valence-electron chi connectivity index (χ0n) is 18.8. The Morgan fingerprint density at radius 3 is 2.44 bits per heavy atom. The number of carbonyl (C=O) groups is 1. The summed E-state index contributed by atoms with van der Waals surface area (Å²) in [7, 11) is 4.10. The van der Waals surface area contributed by atoms with Gasteiger partial charge >= 0.3 is 0 Å². The van der Waals surface area contributed by atoms with Crippen LogP contribution in [-0.4, -0.2) is 42.6 Å². The van der Waals surface area contributed by atoms with Crippen LogP contribution in [-0.2, 0) is 12.8 Å². The maximum absolute atomic E-state index is 12.5. The van der Waals surface area contributed by atoms with E-state index in [0.29, 0.717) is 34.1 Å². The SMILES string of the molecule is CN(C)c1nc(N[C@H]2CC[C@@H](CNC(=O)c3c(Cl)cccc3Cl)CC2)nc2c1CCCC2. The lowest BCUT2D eigenvalue weighted by Gasteiger charge is -2.30. The van der Waals surface area contributed by atoms with Crippen LogP contribution < -0.4 is 15.5 Å². The van der Waals surface area contributed by atoms with Crippen LogP contribution >= 0.6 is 23.2 Å². The summed E-state index contributed by atoms with van der Waals surface area (Å²) >= 11 is 12.3. The number of nitrogens with one attached hydrogen (secondary N) is 2. The average Bonchev–Trinajstić information content (AvgIpc) is 2.78. The number of hydrogen-bond donors (Lipinski definition) is 2. The van der Waals surface area contributed by atoms with E-state index in [9.17, 15) is 4.79 Å². The van der Waals surface area contributed by atoms with Crippen LogP contribution in [0.1, 0.15) is 60.1 Å². The lowest BCUT2D eigenvalue weighted by molar-refractivity contribution is 0.0943. The highest BCUT2D eigenvalue weighted by molar-refractivity contribution is 6.39. The first-order chi connectivity index (χ1) is 15.4. The number of benzene rings is 1. The Morgan fingerprint density at radius 2 is 1.75 bits per heavy atom. The molecule has 1 saturated carbocycles. The highest BCUT2D eigenvalue weighted by Gasteiger charge is 2.25. The van der Waals surface area contributed by atoms with E-state index >= 15 is 0 Å². The van der Waals surface area contributed by atoms with E-state index in [1.54, 1.807) is 18.2 Å². The largest absolute Gasteiger partial charge is 0.362 e. The fraction of sp³-hybridized carbons (Fsp3) is 0.542. The number of fused-ring (bicyclic) bond motifs is 1. The number of rotatable bonds is 6. The van der Waals surface area contributed by atoms with E-state index in [1.807, 2.05) is 0 Å². The Bertz CT molecular complexity index is 953. The van der Waals surface area contributed by atoms with Gasteiger partial charge in [0, 0.05) is 32.2 Å². The molecular weight excluding hydrogens is 445 g/mol. The first-order valence-corrected chi connectivity index (χ1v) is 12.2. The molecule has 4 rings (SSSR count). The Morgan fingerprint density at radius 1 is 1.06 bits per heavy atom. The quantitative estimate of drug-likeness (QED) is 0.605. The van der Waals surface area contributed by atoms with Crippen molar-refractivity contribution in [2.75, 3.05) is 30.9 Å². The number of halogens is 2. The first-order valence-electron chi connectivity index (χ1n) is 11.5. The van der Waals surface area contributed by atoms with Crippen LogP contribution in [0, 0.1) is 5.92 Å². The van der Waals surface area contributed by atoms with Crippen molar-refractivity contribution in [1.82, 2.24) is 15.3 Å². The van der Waals surface area contributed by atoms with Gasteiger partial charge < -0.3 is 15.5 Å². The van der Waals surface area contributed by atoms with Crippen molar-refractivity contribution in [1.29, 1.82) is 0 Å². The second kappa shape index (κ2) is 10.3. The molecule has 0 spiro atoms. The summed E-state index contributed by atoms with van der Waals surface area (Å²) < 4.78 is 0. The van der Waals surface area contributed by atoms with Gasteiger partial charge in [-0.3, -0.25) is 4.79 Å². The minimum atomic E-state index is -0.209. The molecule has 0 saturated heterocycles. The molecule has 1 aromatic carbocycles. The monoisotopic (exact) mass is 475 g/mol. The fourth-order valence-corrected chi connectivity index (χ4v) is 5.31. The van der Waals surface area contributed by atoms with E-state index < -0.39 is 0 Å². The Labute approximate surface area is 200 Å². The number of amides is 1. The summed E-state index contributed by atoms with van der Waals surface area (Å²) in [6.07, 6.45) is 8.67. The van der Waals surface area contributed by atoms with Crippen LogP contribution in [0.15, 0.2) is 18.2 Å². The molecule has 0 radical (unpaired) electrons. The van der Waals surface area contributed by atoms with Crippen molar-refractivity contribution < 1.29 is 4.79 Å². The molecule has 0 unspecified atom stereocenters. The number of anilines is 2. The molecule has 2 N–H and O–H groups in total. The van der Waals surface area contributed by atoms with Gasteiger partial charge in [0.25, 0.3) is 5.91 Å².